The van der Waals surface area contributed by atoms with Gasteiger partial charge in [0.15, 0.2) is 5.69 Å². The van der Waals surface area contributed by atoms with Crippen LogP contribution in [0.3, 0.4) is 0 Å². The van der Waals surface area contributed by atoms with Crippen LogP contribution < -0.4 is 10.1 Å². The molecular formula is C23H18N2O4S. The van der Waals surface area contributed by atoms with Gasteiger partial charge in [-0.3, -0.25) is 4.79 Å². The molecule has 0 unspecified atom stereocenters. The van der Waals surface area contributed by atoms with Gasteiger partial charge >= 0.3 is 5.97 Å². The first-order valence-corrected chi connectivity index (χ1v) is 10.1. The number of amides is 1. The third-order valence-corrected chi connectivity index (χ3v) is 5.18. The lowest BCUT2D eigenvalue weighted by Gasteiger charge is -2.07. The van der Waals surface area contributed by atoms with E-state index in [-0.39, 0.29) is 17.4 Å². The van der Waals surface area contributed by atoms with Crippen molar-refractivity contribution in [1.29, 1.82) is 0 Å². The number of hydrogen-bond acceptors (Lipinski definition) is 6. The van der Waals surface area contributed by atoms with Crippen LogP contribution in [0, 0.1) is 6.92 Å². The molecule has 1 N–H and O–H groups in total. The third kappa shape index (κ3) is 4.47. The van der Waals surface area contributed by atoms with Crippen LogP contribution in [0.2, 0.25) is 0 Å². The molecule has 0 aliphatic rings. The Hall–Kier alpha value is -3.71. The molecule has 0 radical (unpaired) electrons. The van der Waals surface area contributed by atoms with E-state index in [2.05, 4.69) is 10.3 Å². The number of ether oxygens (including phenoxy) is 1. The van der Waals surface area contributed by atoms with Gasteiger partial charge in [-0.2, -0.15) is 0 Å². The van der Waals surface area contributed by atoms with E-state index in [1.54, 1.807) is 25.1 Å². The normalized spacial score (nSPS) is 10.6. The molecule has 0 bridgehead atoms. The first-order chi connectivity index (χ1) is 14.6. The number of thiophene rings is 1. The molecule has 2 aromatic carbocycles. The summed E-state index contributed by atoms with van der Waals surface area (Å²) in [5.74, 6) is 0.117. The van der Waals surface area contributed by atoms with Crippen LogP contribution in [0.4, 0.5) is 0 Å². The molecule has 0 atom stereocenters. The van der Waals surface area contributed by atoms with Gasteiger partial charge in [-0.1, -0.05) is 42.5 Å². The molecule has 0 spiro atoms. The van der Waals surface area contributed by atoms with Gasteiger partial charge in [0.1, 0.15) is 11.5 Å². The zero-order chi connectivity index (χ0) is 20.9. The minimum Gasteiger partial charge on any atom is -0.440 e. The van der Waals surface area contributed by atoms with Gasteiger partial charge in [-0.15, -0.1) is 11.3 Å². The molecule has 1 amide bonds. The van der Waals surface area contributed by atoms with Gasteiger partial charge < -0.3 is 14.5 Å². The second-order valence-electron chi connectivity index (χ2n) is 6.49. The Morgan fingerprint density at radius 2 is 1.90 bits per heavy atom. The maximum Gasteiger partial charge on any atom is 0.366 e. The Bertz CT molecular complexity index is 1170. The molecule has 6 nitrogen and oxygen atoms in total. The summed E-state index contributed by atoms with van der Waals surface area (Å²) in [5.41, 5.74) is 1.50. The Balaban J connectivity index is 1.44. The molecule has 2 aromatic heterocycles. The number of esters is 1. The van der Waals surface area contributed by atoms with Gasteiger partial charge in [-0.25, -0.2) is 9.78 Å². The maximum atomic E-state index is 12.6. The van der Waals surface area contributed by atoms with Gasteiger partial charge in [0, 0.05) is 12.1 Å². The summed E-state index contributed by atoms with van der Waals surface area (Å²) in [6.07, 6.45) is 0. The van der Waals surface area contributed by atoms with E-state index in [4.69, 9.17) is 9.15 Å². The smallest absolute Gasteiger partial charge is 0.366 e. The molecule has 7 heteroatoms. The number of nitrogens with one attached hydrogen (secondary N) is 1. The predicted molar refractivity (Wildman–Crippen MR) is 114 cm³/mol. The van der Waals surface area contributed by atoms with E-state index in [1.807, 2.05) is 47.8 Å². The molecule has 0 fully saturated rings. The van der Waals surface area contributed by atoms with E-state index in [0.29, 0.717) is 23.8 Å². The fraction of sp³-hybridized carbons (Fsp3) is 0.0870. The minimum atomic E-state index is -0.638. The van der Waals surface area contributed by atoms with E-state index >= 15 is 0 Å². The number of benzene rings is 2. The quantitative estimate of drug-likeness (QED) is 0.357. The Kier molecular flexibility index (Phi) is 5.72. The summed E-state index contributed by atoms with van der Waals surface area (Å²) in [6, 6.07) is 19.8. The summed E-state index contributed by atoms with van der Waals surface area (Å²) in [6.45, 7) is 2.07. The van der Waals surface area contributed by atoms with Crippen LogP contribution in [0.5, 0.6) is 5.75 Å². The number of carbonyl (C=O) groups is 2. The standard InChI is InChI=1S/C23H18N2O4S/c1-15-20(25-22(28-15)19-11-6-12-30-19)23(27)29-18-10-5-9-17(13-18)21(26)24-14-16-7-3-2-4-8-16/h2-13H,14H2,1H3,(H,24,26). The Morgan fingerprint density at radius 1 is 1.07 bits per heavy atom. The molecule has 4 aromatic rings. The zero-order valence-corrected chi connectivity index (χ0v) is 16.9. The van der Waals surface area contributed by atoms with Crippen LogP contribution in [0.25, 0.3) is 10.8 Å². The topological polar surface area (TPSA) is 81.4 Å². The average Bonchev–Trinajstić information content (AvgIpc) is 3.43. The van der Waals surface area contributed by atoms with Gasteiger partial charge in [0.25, 0.3) is 5.91 Å². The summed E-state index contributed by atoms with van der Waals surface area (Å²) >= 11 is 1.47. The van der Waals surface area contributed by atoms with Crippen LogP contribution in [0.15, 0.2) is 76.5 Å². The number of rotatable bonds is 6. The molecule has 4 rings (SSSR count). The molecule has 0 saturated heterocycles. The van der Waals surface area contributed by atoms with Crippen molar-refractivity contribution in [2.75, 3.05) is 0 Å². The second kappa shape index (κ2) is 8.75. The highest BCUT2D eigenvalue weighted by molar-refractivity contribution is 7.13. The fourth-order valence-corrected chi connectivity index (χ4v) is 3.48. The lowest BCUT2D eigenvalue weighted by molar-refractivity contribution is 0.0726. The van der Waals surface area contributed by atoms with Crippen molar-refractivity contribution >= 4 is 23.2 Å². The van der Waals surface area contributed by atoms with Crippen molar-refractivity contribution in [3.63, 3.8) is 0 Å². The van der Waals surface area contributed by atoms with E-state index < -0.39 is 5.97 Å². The number of aromatic nitrogens is 1. The largest absolute Gasteiger partial charge is 0.440 e. The minimum absolute atomic E-state index is 0.109. The second-order valence-corrected chi connectivity index (χ2v) is 7.43. The molecular weight excluding hydrogens is 400 g/mol. The van der Waals surface area contributed by atoms with Crippen molar-refractivity contribution in [2.45, 2.75) is 13.5 Å². The van der Waals surface area contributed by atoms with Crippen molar-refractivity contribution in [3.8, 4) is 16.5 Å². The molecule has 0 aliphatic carbocycles. The molecule has 2 heterocycles. The van der Waals surface area contributed by atoms with Crippen molar-refractivity contribution in [3.05, 3.63) is 94.7 Å². The highest BCUT2D eigenvalue weighted by Crippen LogP contribution is 2.26. The summed E-state index contributed by atoms with van der Waals surface area (Å²) in [5, 5.41) is 4.75. The van der Waals surface area contributed by atoms with Crippen molar-refractivity contribution in [2.24, 2.45) is 0 Å². The Morgan fingerprint density at radius 3 is 2.67 bits per heavy atom. The highest BCUT2D eigenvalue weighted by atomic mass is 32.1. The molecule has 0 saturated carbocycles. The average molecular weight is 418 g/mol. The lowest BCUT2D eigenvalue weighted by atomic mass is 10.2. The summed E-state index contributed by atoms with van der Waals surface area (Å²) < 4.78 is 11.0. The van der Waals surface area contributed by atoms with Crippen LogP contribution in [-0.2, 0) is 6.54 Å². The van der Waals surface area contributed by atoms with Gasteiger partial charge in [-0.05, 0) is 42.1 Å². The SMILES string of the molecule is Cc1oc(-c2cccs2)nc1C(=O)Oc1cccc(C(=O)NCc2ccccc2)c1. The van der Waals surface area contributed by atoms with E-state index in [9.17, 15) is 9.59 Å². The highest BCUT2D eigenvalue weighted by Gasteiger charge is 2.21. The first-order valence-electron chi connectivity index (χ1n) is 9.26. The van der Waals surface area contributed by atoms with Crippen molar-refractivity contribution in [1.82, 2.24) is 10.3 Å². The molecule has 0 aliphatic heterocycles. The molecule has 150 valence electrons. The predicted octanol–water partition coefficient (Wildman–Crippen LogP) is 4.86. The fourth-order valence-electron chi connectivity index (χ4n) is 2.83. The van der Waals surface area contributed by atoms with E-state index in [0.717, 1.165) is 10.4 Å². The van der Waals surface area contributed by atoms with Crippen LogP contribution >= 0.6 is 11.3 Å². The number of oxazole rings is 1. The van der Waals surface area contributed by atoms with Gasteiger partial charge in [0.2, 0.25) is 5.89 Å². The number of hydrogen-bond donors (Lipinski definition) is 1. The third-order valence-electron chi connectivity index (χ3n) is 4.32. The zero-order valence-electron chi connectivity index (χ0n) is 16.1. The number of carbonyl (C=O) groups excluding carboxylic acids is 2. The maximum absolute atomic E-state index is 12.6. The van der Waals surface area contributed by atoms with Crippen LogP contribution in [-0.4, -0.2) is 16.9 Å². The molecule has 30 heavy (non-hydrogen) atoms. The Labute approximate surface area is 177 Å². The first kappa shape index (κ1) is 19.6. The monoisotopic (exact) mass is 418 g/mol. The summed E-state index contributed by atoms with van der Waals surface area (Å²) in [7, 11) is 0. The lowest BCUT2D eigenvalue weighted by Crippen LogP contribution is -2.22. The van der Waals surface area contributed by atoms with Crippen LogP contribution in [0.1, 0.15) is 32.2 Å². The van der Waals surface area contributed by atoms with E-state index in [1.165, 1.54) is 17.4 Å². The number of nitrogens with zero attached hydrogens (tertiary/aromatic N) is 1. The summed E-state index contributed by atoms with van der Waals surface area (Å²) in [4.78, 5) is 30.1. The van der Waals surface area contributed by atoms with Gasteiger partial charge in [0.05, 0.1) is 4.88 Å². The number of aryl methyl sites for hydroxylation is 1. The van der Waals surface area contributed by atoms with Crippen molar-refractivity contribution < 1.29 is 18.7 Å².